The molecule has 0 aliphatic carbocycles. The van der Waals surface area contributed by atoms with Crippen molar-refractivity contribution in [3.8, 4) is 22.6 Å². The smallest absolute Gasteiger partial charge is 0.356 e. The quantitative estimate of drug-likeness (QED) is 0.303. The lowest BCUT2D eigenvalue weighted by Crippen LogP contribution is -2.36. The van der Waals surface area contributed by atoms with Gasteiger partial charge in [-0.3, -0.25) is 9.36 Å². The molecule has 0 unspecified atom stereocenters. The van der Waals surface area contributed by atoms with Crippen molar-refractivity contribution in [3.05, 3.63) is 58.6 Å². The van der Waals surface area contributed by atoms with Gasteiger partial charge in [-0.1, -0.05) is 46.6 Å². The van der Waals surface area contributed by atoms with Gasteiger partial charge >= 0.3 is 19.2 Å². The lowest BCUT2D eigenvalue weighted by molar-refractivity contribution is -0.132. The van der Waals surface area contributed by atoms with Crippen LogP contribution in [0.15, 0.2) is 53.1 Å². The number of carbonyl (C=O) groups is 1. The predicted molar refractivity (Wildman–Crippen MR) is 122 cm³/mol. The van der Waals surface area contributed by atoms with Gasteiger partial charge in [0.05, 0.1) is 23.3 Å². The Morgan fingerprint density at radius 3 is 2.30 bits per heavy atom. The monoisotopic (exact) mass is 518 g/mol. The molecule has 0 radical (unpaired) electrons. The zero-order valence-corrected chi connectivity index (χ0v) is 19.9. The van der Waals surface area contributed by atoms with Crippen LogP contribution in [-0.4, -0.2) is 29.9 Å². The topological polar surface area (TPSA) is 90.7 Å². The van der Waals surface area contributed by atoms with E-state index in [1.807, 2.05) is 5.32 Å². The minimum Gasteiger partial charge on any atom is -0.356 e. The van der Waals surface area contributed by atoms with Crippen molar-refractivity contribution in [2.24, 2.45) is 0 Å². The zero-order valence-electron chi connectivity index (χ0n) is 17.5. The molecule has 0 aliphatic heterocycles. The highest BCUT2D eigenvalue weighted by atomic mass is 35.5. The molecule has 0 fully saturated rings. The van der Waals surface area contributed by atoms with Crippen molar-refractivity contribution in [1.82, 2.24) is 5.16 Å². The van der Waals surface area contributed by atoms with Crippen LogP contribution in [0.1, 0.15) is 13.8 Å². The zero-order chi connectivity index (χ0) is 24.2. The molecule has 1 aromatic heterocycles. The summed E-state index contributed by atoms with van der Waals surface area (Å²) in [5.74, 6) is -1.55. The summed E-state index contributed by atoms with van der Waals surface area (Å²) in [6.45, 7) is 2.09. The SMILES string of the molecule is CCOP(=O)(OCC)C(F)(F)C(=O)Nc1cccc(-c2cc(-c3c(Cl)cccc3Cl)no2)c1. The van der Waals surface area contributed by atoms with Gasteiger partial charge in [0.2, 0.25) is 0 Å². The van der Waals surface area contributed by atoms with Crippen LogP contribution in [0, 0.1) is 0 Å². The van der Waals surface area contributed by atoms with Crippen LogP contribution in [0.5, 0.6) is 0 Å². The molecule has 1 amide bonds. The summed E-state index contributed by atoms with van der Waals surface area (Å²) in [4.78, 5) is 12.3. The van der Waals surface area contributed by atoms with Crippen LogP contribution in [0.25, 0.3) is 22.6 Å². The third kappa shape index (κ3) is 5.28. The maximum Gasteiger partial charge on any atom is 0.422 e. The average molecular weight is 519 g/mol. The highest BCUT2D eigenvalue weighted by molar-refractivity contribution is 7.56. The minimum atomic E-state index is -5.02. The second-order valence-corrected chi connectivity index (χ2v) is 9.47. The maximum atomic E-state index is 14.6. The van der Waals surface area contributed by atoms with Crippen molar-refractivity contribution in [3.63, 3.8) is 0 Å². The van der Waals surface area contributed by atoms with Gasteiger partial charge in [0.1, 0.15) is 5.69 Å². The van der Waals surface area contributed by atoms with Gasteiger partial charge < -0.3 is 18.9 Å². The number of anilines is 1. The highest BCUT2D eigenvalue weighted by Crippen LogP contribution is 2.62. The van der Waals surface area contributed by atoms with Crippen molar-refractivity contribution in [2.75, 3.05) is 18.5 Å². The van der Waals surface area contributed by atoms with Crippen LogP contribution in [0.4, 0.5) is 14.5 Å². The van der Waals surface area contributed by atoms with E-state index in [0.717, 1.165) is 0 Å². The Bertz CT molecular complexity index is 1170. The summed E-state index contributed by atoms with van der Waals surface area (Å²) in [5.41, 5.74) is -3.13. The van der Waals surface area contributed by atoms with Gasteiger partial charge in [0.25, 0.3) is 0 Å². The van der Waals surface area contributed by atoms with Gasteiger partial charge in [-0.15, -0.1) is 0 Å². The third-order valence-electron chi connectivity index (χ3n) is 4.35. The van der Waals surface area contributed by atoms with E-state index in [1.54, 1.807) is 30.3 Å². The van der Waals surface area contributed by atoms with Gasteiger partial charge in [-0.05, 0) is 38.1 Å². The first-order chi connectivity index (χ1) is 15.6. The Kier molecular flexibility index (Phi) is 7.92. The minimum absolute atomic E-state index is 0.00504. The second-order valence-electron chi connectivity index (χ2n) is 6.58. The highest BCUT2D eigenvalue weighted by Gasteiger charge is 2.59. The molecule has 0 spiro atoms. The summed E-state index contributed by atoms with van der Waals surface area (Å²) < 4.78 is 56.3. The van der Waals surface area contributed by atoms with E-state index in [0.29, 0.717) is 26.9 Å². The third-order valence-corrected chi connectivity index (χ3v) is 7.07. The summed E-state index contributed by atoms with van der Waals surface area (Å²) in [5, 5.41) is 6.76. The fraction of sp³-hybridized carbons (Fsp3) is 0.238. The number of carbonyl (C=O) groups excluding carboxylic acids is 1. The lowest BCUT2D eigenvalue weighted by Gasteiger charge is -2.24. The molecule has 2 aromatic carbocycles. The van der Waals surface area contributed by atoms with E-state index in [-0.39, 0.29) is 24.7 Å². The first-order valence-electron chi connectivity index (χ1n) is 9.73. The first-order valence-corrected chi connectivity index (χ1v) is 12.0. The van der Waals surface area contributed by atoms with Crippen LogP contribution in [-0.2, 0) is 18.4 Å². The van der Waals surface area contributed by atoms with E-state index in [9.17, 15) is 18.1 Å². The van der Waals surface area contributed by atoms with Gasteiger partial charge in [0.15, 0.2) is 5.76 Å². The van der Waals surface area contributed by atoms with Gasteiger partial charge in [-0.2, -0.15) is 8.78 Å². The van der Waals surface area contributed by atoms with Gasteiger partial charge in [0, 0.05) is 22.9 Å². The average Bonchev–Trinajstić information content (AvgIpc) is 3.24. The Morgan fingerprint density at radius 2 is 1.70 bits per heavy atom. The van der Waals surface area contributed by atoms with E-state index >= 15 is 0 Å². The molecule has 176 valence electrons. The summed E-state index contributed by atoms with van der Waals surface area (Å²) in [7, 11) is -5.02. The van der Waals surface area contributed by atoms with E-state index < -0.39 is 19.2 Å². The van der Waals surface area contributed by atoms with Crippen LogP contribution in [0.3, 0.4) is 0 Å². The lowest BCUT2D eigenvalue weighted by atomic mass is 10.1. The molecule has 3 rings (SSSR count). The Balaban J connectivity index is 1.86. The molecule has 0 saturated carbocycles. The number of nitrogens with zero attached hydrogens (tertiary/aromatic N) is 1. The predicted octanol–water partition coefficient (Wildman–Crippen LogP) is 7.11. The number of hydrogen-bond acceptors (Lipinski definition) is 6. The molecule has 0 bridgehead atoms. The van der Waals surface area contributed by atoms with Crippen molar-refractivity contribution >= 4 is 42.4 Å². The Labute approximate surface area is 198 Å². The molecule has 0 saturated heterocycles. The first kappa shape index (κ1) is 25.3. The van der Waals surface area contributed by atoms with E-state index in [4.69, 9.17) is 27.7 Å². The number of halogens is 4. The fourth-order valence-corrected chi connectivity index (χ4v) is 4.87. The van der Waals surface area contributed by atoms with E-state index in [2.05, 4.69) is 14.2 Å². The normalized spacial score (nSPS) is 12.1. The maximum absolute atomic E-state index is 14.6. The molecule has 1 N–H and O–H groups in total. The summed E-state index contributed by atoms with van der Waals surface area (Å²) in [6, 6.07) is 12.5. The van der Waals surface area contributed by atoms with E-state index in [1.165, 1.54) is 32.0 Å². The molecule has 0 atom stereocenters. The van der Waals surface area contributed by atoms with Crippen molar-refractivity contribution < 1.29 is 31.7 Å². The molecule has 3 aromatic rings. The summed E-state index contributed by atoms with van der Waals surface area (Å²) in [6.07, 6.45) is 0. The number of alkyl halides is 2. The second kappa shape index (κ2) is 10.3. The standard InChI is InChI=1S/C21H19Cl2F2N2O5P/c1-3-30-33(29,31-4-2)21(24,25)20(28)26-14-8-5-7-13(11-14)18-12-17(27-32-18)19-15(22)9-6-10-16(19)23/h5-12H,3-4H2,1-2H3,(H,26,28). The van der Waals surface area contributed by atoms with Crippen molar-refractivity contribution in [1.29, 1.82) is 0 Å². The molecule has 7 nitrogen and oxygen atoms in total. The number of rotatable bonds is 9. The largest absolute Gasteiger partial charge is 0.422 e. The molecule has 33 heavy (non-hydrogen) atoms. The molecule has 1 heterocycles. The molecular weight excluding hydrogens is 500 g/mol. The fourth-order valence-electron chi connectivity index (χ4n) is 2.89. The Hall–Kier alpha value is -2.29. The number of amides is 1. The molecule has 0 aliphatic rings. The van der Waals surface area contributed by atoms with Crippen LogP contribution in [0.2, 0.25) is 10.0 Å². The number of hydrogen-bond donors (Lipinski definition) is 1. The molecular formula is C21H19Cl2F2N2O5P. The van der Waals surface area contributed by atoms with Crippen LogP contribution >= 0.6 is 30.8 Å². The number of benzene rings is 2. The van der Waals surface area contributed by atoms with Gasteiger partial charge in [-0.25, -0.2) is 0 Å². The number of nitrogens with one attached hydrogen (secondary N) is 1. The van der Waals surface area contributed by atoms with Crippen LogP contribution < -0.4 is 5.32 Å². The summed E-state index contributed by atoms with van der Waals surface area (Å²) >= 11 is 12.4. The number of aromatic nitrogens is 1. The molecule has 12 heteroatoms. The van der Waals surface area contributed by atoms with Crippen molar-refractivity contribution in [2.45, 2.75) is 19.5 Å². The Morgan fingerprint density at radius 1 is 1.09 bits per heavy atom.